The lowest BCUT2D eigenvalue weighted by atomic mass is 10.1. The van der Waals surface area contributed by atoms with Crippen molar-refractivity contribution in [3.8, 4) is 0 Å². The van der Waals surface area contributed by atoms with E-state index in [1.54, 1.807) is 6.20 Å². The average molecular weight is 415 g/mol. The van der Waals surface area contributed by atoms with Crippen LogP contribution < -0.4 is 5.56 Å². The number of hydrogen-bond donors (Lipinski definition) is 2. The lowest BCUT2D eigenvalue weighted by Crippen LogP contribution is -2.35. The van der Waals surface area contributed by atoms with E-state index in [4.69, 9.17) is 0 Å². The molecule has 26 heavy (non-hydrogen) atoms. The van der Waals surface area contributed by atoms with Crippen molar-refractivity contribution in [2.45, 2.75) is 39.3 Å². The summed E-state index contributed by atoms with van der Waals surface area (Å²) in [6.45, 7) is 4.09. The van der Waals surface area contributed by atoms with Gasteiger partial charge in [-0.2, -0.15) is 5.10 Å². The zero-order valence-electron chi connectivity index (χ0n) is 14.6. The minimum atomic E-state index is -0.122. The fraction of sp³-hybridized carbons (Fsp3) is 0.316. The molecule has 0 saturated heterocycles. The highest BCUT2D eigenvalue weighted by Gasteiger charge is 2.34. The zero-order valence-corrected chi connectivity index (χ0v) is 16.2. The zero-order chi connectivity index (χ0) is 18.4. The molecule has 1 amide bonds. The van der Waals surface area contributed by atoms with Crippen molar-refractivity contribution in [1.82, 2.24) is 20.1 Å². The van der Waals surface area contributed by atoms with Gasteiger partial charge in [-0.1, -0.05) is 15.9 Å². The molecule has 1 aliphatic carbocycles. The van der Waals surface area contributed by atoms with E-state index in [0.29, 0.717) is 17.7 Å². The van der Waals surface area contributed by atoms with Gasteiger partial charge in [0.1, 0.15) is 0 Å². The van der Waals surface area contributed by atoms with E-state index in [-0.39, 0.29) is 17.5 Å². The minimum absolute atomic E-state index is 0.0698. The van der Waals surface area contributed by atoms with Crippen molar-refractivity contribution in [2.75, 3.05) is 0 Å². The normalized spacial score (nSPS) is 14.0. The molecule has 1 fully saturated rings. The van der Waals surface area contributed by atoms with Gasteiger partial charge < -0.3 is 9.88 Å². The van der Waals surface area contributed by atoms with Gasteiger partial charge in [0.2, 0.25) is 0 Å². The summed E-state index contributed by atoms with van der Waals surface area (Å²) in [5, 5.41) is 7.75. The Balaban J connectivity index is 1.74. The Labute approximate surface area is 158 Å². The van der Waals surface area contributed by atoms with Gasteiger partial charge in [0.05, 0.1) is 23.8 Å². The molecule has 2 heterocycles. The van der Waals surface area contributed by atoms with Gasteiger partial charge in [-0.25, -0.2) is 0 Å². The molecular formula is C19H19BrN4O2. The van der Waals surface area contributed by atoms with Crippen LogP contribution in [0.15, 0.2) is 33.7 Å². The Morgan fingerprint density at radius 1 is 1.31 bits per heavy atom. The van der Waals surface area contributed by atoms with E-state index < -0.39 is 0 Å². The van der Waals surface area contributed by atoms with E-state index in [1.165, 1.54) is 0 Å². The summed E-state index contributed by atoms with van der Waals surface area (Å²) in [6.07, 6.45) is 3.61. The number of aromatic amines is 2. The smallest absolute Gasteiger partial charge is 0.255 e. The molecule has 7 heteroatoms. The second-order valence-corrected chi connectivity index (χ2v) is 7.81. The van der Waals surface area contributed by atoms with Gasteiger partial charge in [0.15, 0.2) is 0 Å². The van der Waals surface area contributed by atoms with Crippen molar-refractivity contribution >= 4 is 32.7 Å². The van der Waals surface area contributed by atoms with Gasteiger partial charge in [0.25, 0.3) is 11.5 Å². The number of nitrogens with zero attached hydrogens (tertiary/aromatic N) is 2. The van der Waals surface area contributed by atoms with Crippen molar-refractivity contribution < 1.29 is 4.79 Å². The van der Waals surface area contributed by atoms with Crippen LogP contribution in [0.5, 0.6) is 0 Å². The first kappa shape index (κ1) is 17.0. The molecule has 0 aliphatic heterocycles. The van der Waals surface area contributed by atoms with E-state index in [1.807, 2.05) is 36.9 Å². The number of halogens is 1. The summed E-state index contributed by atoms with van der Waals surface area (Å²) in [5.74, 6) is -0.0698. The molecule has 0 bridgehead atoms. The van der Waals surface area contributed by atoms with Crippen LogP contribution in [0.3, 0.4) is 0 Å². The number of aryl methyl sites for hydroxylation is 2. The van der Waals surface area contributed by atoms with Crippen LogP contribution in [0.25, 0.3) is 10.9 Å². The Morgan fingerprint density at radius 3 is 2.77 bits per heavy atom. The first-order valence-corrected chi connectivity index (χ1v) is 9.36. The highest BCUT2D eigenvalue weighted by Crippen LogP contribution is 2.32. The highest BCUT2D eigenvalue weighted by molar-refractivity contribution is 9.10. The van der Waals surface area contributed by atoms with Crippen LogP contribution >= 0.6 is 15.9 Å². The molecule has 1 aromatic carbocycles. The number of hydrogen-bond acceptors (Lipinski definition) is 3. The Hall–Kier alpha value is -2.41. The van der Waals surface area contributed by atoms with Crippen LogP contribution in [-0.4, -0.2) is 32.0 Å². The second-order valence-electron chi connectivity index (χ2n) is 6.89. The summed E-state index contributed by atoms with van der Waals surface area (Å²) >= 11 is 3.46. The molecule has 0 atom stereocenters. The molecule has 0 unspecified atom stereocenters. The monoisotopic (exact) mass is 414 g/mol. The second kappa shape index (κ2) is 6.39. The van der Waals surface area contributed by atoms with Crippen molar-refractivity contribution in [3.05, 3.63) is 61.6 Å². The van der Waals surface area contributed by atoms with Crippen LogP contribution in [-0.2, 0) is 6.54 Å². The lowest BCUT2D eigenvalue weighted by molar-refractivity contribution is 0.0731. The molecule has 6 nitrogen and oxygen atoms in total. The Bertz CT molecular complexity index is 1070. The third-order valence-electron chi connectivity index (χ3n) is 4.82. The molecule has 0 spiro atoms. The van der Waals surface area contributed by atoms with Gasteiger partial charge in [-0.15, -0.1) is 0 Å². The third-order valence-corrected chi connectivity index (χ3v) is 5.28. The minimum Gasteiger partial charge on any atom is -0.331 e. The number of fused-ring (bicyclic) bond motifs is 1. The highest BCUT2D eigenvalue weighted by atomic mass is 79.9. The first-order chi connectivity index (χ1) is 12.4. The molecule has 1 aliphatic rings. The predicted octanol–water partition coefficient (Wildman–Crippen LogP) is 3.44. The summed E-state index contributed by atoms with van der Waals surface area (Å²) in [7, 11) is 0. The Kier molecular flexibility index (Phi) is 4.19. The predicted molar refractivity (Wildman–Crippen MR) is 103 cm³/mol. The standard InChI is InChI=1S/C19H19BrN4O2/c1-10-5-11(2)22-18(25)16(10)9-24(13-3-4-13)19(26)14-6-12(20)7-17-15(14)8-21-23-17/h5-8,13H,3-4,9H2,1-2H3,(H,21,23)(H,22,25). The number of carbonyl (C=O) groups is 1. The van der Waals surface area contributed by atoms with Crippen LogP contribution in [0.2, 0.25) is 0 Å². The van der Waals surface area contributed by atoms with Gasteiger partial charge in [0, 0.05) is 27.2 Å². The van der Waals surface area contributed by atoms with Crippen molar-refractivity contribution in [3.63, 3.8) is 0 Å². The number of benzene rings is 1. The molecule has 3 aromatic rings. The number of carbonyl (C=O) groups excluding carboxylic acids is 1. The first-order valence-electron chi connectivity index (χ1n) is 8.57. The van der Waals surface area contributed by atoms with Crippen molar-refractivity contribution in [2.24, 2.45) is 0 Å². The fourth-order valence-electron chi connectivity index (χ4n) is 3.35. The average Bonchev–Trinajstić information content (AvgIpc) is 3.30. The van der Waals surface area contributed by atoms with E-state index in [2.05, 4.69) is 31.1 Å². The number of H-pyrrole nitrogens is 2. The molecule has 134 valence electrons. The number of amides is 1. The van der Waals surface area contributed by atoms with E-state index >= 15 is 0 Å². The summed E-state index contributed by atoms with van der Waals surface area (Å²) in [6, 6.07) is 5.85. The molecule has 2 aromatic heterocycles. The maximum Gasteiger partial charge on any atom is 0.255 e. The maximum atomic E-state index is 13.3. The van der Waals surface area contributed by atoms with Gasteiger partial charge in [-0.3, -0.25) is 14.7 Å². The number of nitrogens with one attached hydrogen (secondary N) is 2. The van der Waals surface area contributed by atoms with Gasteiger partial charge in [-0.05, 0) is 50.5 Å². The summed E-state index contributed by atoms with van der Waals surface area (Å²) in [4.78, 5) is 30.4. The van der Waals surface area contributed by atoms with Crippen LogP contribution in [0, 0.1) is 13.8 Å². The lowest BCUT2D eigenvalue weighted by Gasteiger charge is -2.23. The Morgan fingerprint density at radius 2 is 2.08 bits per heavy atom. The van der Waals surface area contributed by atoms with Crippen molar-refractivity contribution in [1.29, 1.82) is 0 Å². The number of pyridine rings is 1. The van der Waals surface area contributed by atoms with E-state index in [0.717, 1.165) is 39.5 Å². The fourth-order valence-corrected chi connectivity index (χ4v) is 3.81. The third kappa shape index (κ3) is 3.07. The topological polar surface area (TPSA) is 81.8 Å². The van der Waals surface area contributed by atoms with Crippen LogP contribution in [0.1, 0.15) is 40.0 Å². The summed E-state index contributed by atoms with van der Waals surface area (Å²) < 4.78 is 0.817. The SMILES string of the molecule is Cc1cc(C)c(CN(C(=O)c2cc(Br)cc3[nH]ncc23)C2CC2)c(=O)[nH]1. The molecular weight excluding hydrogens is 396 g/mol. The molecule has 2 N–H and O–H groups in total. The number of rotatable bonds is 4. The maximum absolute atomic E-state index is 13.3. The molecule has 0 radical (unpaired) electrons. The largest absolute Gasteiger partial charge is 0.331 e. The van der Waals surface area contributed by atoms with Crippen LogP contribution in [0.4, 0.5) is 0 Å². The van der Waals surface area contributed by atoms with Gasteiger partial charge >= 0.3 is 0 Å². The quantitative estimate of drug-likeness (QED) is 0.685. The number of aromatic nitrogens is 3. The molecule has 1 saturated carbocycles. The summed E-state index contributed by atoms with van der Waals surface area (Å²) in [5.41, 5.74) is 3.66. The molecule has 4 rings (SSSR count). The van der Waals surface area contributed by atoms with E-state index in [9.17, 15) is 9.59 Å².